The van der Waals surface area contributed by atoms with Crippen molar-refractivity contribution in [1.82, 2.24) is 9.55 Å². The smallest absolute Gasteiger partial charge is 0.122 e. The lowest BCUT2D eigenvalue weighted by Crippen LogP contribution is -2.13. The van der Waals surface area contributed by atoms with E-state index in [4.69, 9.17) is 16.6 Å². The van der Waals surface area contributed by atoms with E-state index in [0.29, 0.717) is 6.54 Å². The standard InChI is InChI=1S/C27H21ClN2/c28-23-16-8-7-15-22(23)19-30-25-18-10-9-17-24(25)29-27(30)26(20-11-3-1-4-12-20)21-13-5-2-6-14-21/h1-18,26H,19H2. The van der Waals surface area contributed by atoms with Gasteiger partial charge >= 0.3 is 0 Å². The monoisotopic (exact) mass is 408 g/mol. The van der Waals surface area contributed by atoms with E-state index in [2.05, 4.69) is 89.5 Å². The Kier molecular flexibility index (Phi) is 5.08. The third-order valence-electron chi connectivity index (χ3n) is 5.49. The van der Waals surface area contributed by atoms with Crippen molar-refractivity contribution < 1.29 is 0 Å². The Hall–Kier alpha value is -3.36. The molecular weight excluding hydrogens is 388 g/mol. The van der Waals surface area contributed by atoms with Gasteiger partial charge in [-0.3, -0.25) is 0 Å². The Morgan fingerprint density at radius 3 is 1.90 bits per heavy atom. The quantitative estimate of drug-likeness (QED) is 0.308. The fraction of sp³-hybridized carbons (Fsp3) is 0.0741. The minimum atomic E-state index is 0.0299. The molecule has 1 heterocycles. The average Bonchev–Trinajstić information content (AvgIpc) is 3.15. The van der Waals surface area contributed by atoms with E-state index in [-0.39, 0.29) is 5.92 Å². The molecule has 0 atom stereocenters. The summed E-state index contributed by atoms with van der Waals surface area (Å²) in [5, 5.41) is 0.775. The molecule has 0 amide bonds. The van der Waals surface area contributed by atoms with Gasteiger partial charge in [0.05, 0.1) is 23.5 Å². The van der Waals surface area contributed by atoms with Crippen LogP contribution in [0, 0.1) is 0 Å². The molecule has 0 saturated heterocycles. The van der Waals surface area contributed by atoms with Crippen LogP contribution in [0.15, 0.2) is 109 Å². The van der Waals surface area contributed by atoms with Crippen molar-refractivity contribution in [2.75, 3.05) is 0 Å². The van der Waals surface area contributed by atoms with Crippen molar-refractivity contribution in [3.63, 3.8) is 0 Å². The van der Waals surface area contributed by atoms with E-state index >= 15 is 0 Å². The van der Waals surface area contributed by atoms with Gasteiger partial charge in [-0.15, -0.1) is 0 Å². The molecule has 4 aromatic carbocycles. The summed E-state index contributed by atoms with van der Waals surface area (Å²) in [7, 11) is 0. The van der Waals surface area contributed by atoms with Crippen molar-refractivity contribution in [2.45, 2.75) is 12.5 Å². The number of rotatable bonds is 5. The third kappa shape index (κ3) is 3.51. The van der Waals surface area contributed by atoms with Crippen molar-refractivity contribution in [1.29, 1.82) is 0 Å². The van der Waals surface area contributed by atoms with Crippen LogP contribution in [0.3, 0.4) is 0 Å². The number of nitrogens with zero attached hydrogens (tertiary/aromatic N) is 2. The molecule has 5 rings (SSSR count). The highest BCUT2D eigenvalue weighted by atomic mass is 35.5. The second-order valence-electron chi connectivity index (χ2n) is 7.39. The highest BCUT2D eigenvalue weighted by Crippen LogP contribution is 2.34. The first-order chi connectivity index (χ1) is 14.8. The molecule has 3 heteroatoms. The molecule has 30 heavy (non-hydrogen) atoms. The van der Waals surface area contributed by atoms with E-state index < -0.39 is 0 Å². The van der Waals surface area contributed by atoms with Crippen LogP contribution in [0.5, 0.6) is 0 Å². The molecule has 0 unspecified atom stereocenters. The Balaban J connectivity index is 1.75. The average molecular weight is 409 g/mol. The van der Waals surface area contributed by atoms with Gasteiger partial charge in [-0.1, -0.05) is 103 Å². The minimum absolute atomic E-state index is 0.0299. The molecule has 146 valence electrons. The molecule has 0 spiro atoms. The zero-order valence-corrected chi connectivity index (χ0v) is 17.2. The van der Waals surface area contributed by atoms with Crippen LogP contribution in [0.1, 0.15) is 28.4 Å². The van der Waals surface area contributed by atoms with Gasteiger partial charge in [0.25, 0.3) is 0 Å². The predicted octanol–water partition coefficient (Wildman–Crippen LogP) is 6.92. The fourth-order valence-electron chi connectivity index (χ4n) is 4.06. The topological polar surface area (TPSA) is 17.8 Å². The van der Waals surface area contributed by atoms with Gasteiger partial charge in [0, 0.05) is 5.02 Å². The van der Waals surface area contributed by atoms with E-state index in [9.17, 15) is 0 Å². The largest absolute Gasteiger partial charge is 0.323 e. The van der Waals surface area contributed by atoms with Crippen LogP contribution in [-0.2, 0) is 6.54 Å². The predicted molar refractivity (Wildman–Crippen MR) is 124 cm³/mol. The molecule has 0 aliphatic carbocycles. The Morgan fingerprint density at radius 2 is 1.23 bits per heavy atom. The van der Waals surface area contributed by atoms with E-state index in [0.717, 1.165) is 27.4 Å². The van der Waals surface area contributed by atoms with Gasteiger partial charge in [0.15, 0.2) is 0 Å². The van der Waals surface area contributed by atoms with Gasteiger partial charge in [-0.25, -0.2) is 4.98 Å². The molecule has 1 aromatic heterocycles. The van der Waals surface area contributed by atoms with Crippen LogP contribution in [-0.4, -0.2) is 9.55 Å². The number of benzene rings is 4. The van der Waals surface area contributed by atoms with Crippen molar-refractivity contribution in [3.8, 4) is 0 Å². The van der Waals surface area contributed by atoms with Crippen LogP contribution in [0.4, 0.5) is 0 Å². The van der Waals surface area contributed by atoms with Crippen molar-refractivity contribution in [2.24, 2.45) is 0 Å². The Morgan fingerprint density at radius 1 is 0.667 bits per heavy atom. The first-order valence-corrected chi connectivity index (χ1v) is 10.5. The highest BCUT2D eigenvalue weighted by molar-refractivity contribution is 6.31. The lowest BCUT2D eigenvalue weighted by Gasteiger charge is -2.20. The summed E-state index contributed by atoms with van der Waals surface area (Å²) in [6.07, 6.45) is 0. The van der Waals surface area contributed by atoms with E-state index in [1.54, 1.807) is 0 Å². The number of hydrogen-bond donors (Lipinski definition) is 0. The highest BCUT2D eigenvalue weighted by Gasteiger charge is 2.24. The van der Waals surface area contributed by atoms with Gasteiger partial charge in [0.2, 0.25) is 0 Å². The summed E-state index contributed by atoms with van der Waals surface area (Å²) in [4.78, 5) is 5.11. The van der Waals surface area contributed by atoms with E-state index in [1.165, 1.54) is 11.1 Å². The Labute approximate surface area is 181 Å². The third-order valence-corrected chi connectivity index (χ3v) is 5.86. The van der Waals surface area contributed by atoms with Crippen molar-refractivity contribution >= 4 is 22.6 Å². The molecule has 0 saturated carbocycles. The summed E-state index contributed by atoms with van der Waals surface area (Å²) in [5.74, 6) is 1.05. The fourth-order valence-corrected chi connectivity index (χ4v) is 4.25. The van der Waals surface area contributed by atoms with Gasteiger partial charge in [-0.2, -0.15) is 0 Å². The van der Waals surface area contributed by atoms with Crippen LogP contribution in [0.25, 0.3) is 11.0 Å². The zero-order valence-electron chi connectivity index (χ0n) is 16.4. The number of aromatic nitrogens is 2. The SMILES string of the molecule is Clc1ccccc1Cn1c(C(c2ccccc2)c2ccccc2)nc2ccccc21. The zero-order chi connectivity index (χ0) is 20.3. The number of imidazole rings is 1. The second-order valence-corrected chi connectivity index (χ2v) is 7.80. The number of halogens is 1. The second kappa shape index (κ2) is 8.17. The Bertz CT molecular complexity index is 1240. The van der Waals surface area contributed by atoms with E-state index in [1.807, 2.05) is 24.3 Å². The summed E-state index contributed by atoms with van der Waals surface area (Å²) in [6, 6.07) is 37.5. The summed E-state index contributed by atoms with van der Waals surface area (Å²) < 4.78 is 2.31. The van der Waals surface area contributed by atoms with Crippen LogP contribution in [0.2, 0.25) is 5.02 Å². The van der Waals surface area contributed by atoms with Crippen LogP contribution < -0.4 is 0 Å². The lowest BCUT2D eigenvalue weighted by molar-refractivity contribution is 0.723. The molecular formula is C27H21ClN2. The molecule has 0 aliphatic rings. The van der Waals surface area contributed by atoms with Gasteiger partial charge in [0.1, 0.15) is 5.82 Å². The summed E-state index contributed by atoms with van der Waals surface area (Å²) in [5.41, 5.74) is 5.64. The first-order valence-electron chi connectivity index (χ1n) is 10.1. The normalized spacial score (nSPS) is 11.3. The maximum Gasteiger partial charge on any atom is 0.122 e. The molecule has 5 aromatic rings. The summed E-state index contributed by atoms with van der Waals surface area (Å²) in [6.45, 7) is 0.672. The molecule has 0 radical (unpaired) electrons. The molecule has 0 aliphatic heterocycles. The minimum Gasteiger partial charge on any atom is -0.323 e. The number of hydrogen-bond acceptors (Lipinski definition) is 1. The molecule has 2 nitrogen and oxygen atoms in total. The van der Waals surface area contributed by atoms with Gasteiger partial charge in [-0.05, 0) is 34.9 Å². The van der Waals surface area contributed by atoms with Crippen LogP contribution >= 0.6 is 11.6 Å². The number of fused-ring (bicyclic) bond motifs is 1. The maximum atomic E-state index is 6.52. The molecule has 0 N–H and O–H groups in total. The molecule has 0 fully saturated rings. The first kappa shape index (κ1) is 18.7. The van der Waals surface area contributed by atoms with Gasteiger partial charge < -0.3 is 4.57 Å². The van der Waals surface area contributed by atoms with Crippen molar-refractivity contribution in [3.05, 3.63) is 137 Å². The number of para-hydroxylation sites is 2. The lowest BCUT2D eigenvalue weighted by atomic mass is 9.90. The molecule has 0 bridgehead atoms. The maximum absolute atomic E-state index is 6.52. The summed E-state index contributed by atoms with van der Waals surface area (Å²) >= 11 is 6.52.